The van der Waals surface area contributed by atoms with Crippen LogP contribution in [0.4, 0.5) is 0 Å². The number of para-hydroxylation sites is 1. The Hall–Kier alpha value is -2.83. The van der Waals surface area contributed by atoms with Crippen LogP contribution >= 0.6 is 0 Å². The van der Waals surface area contributed by atoms with E-state index >= 15 is 0 Å². The minimum atomic E-state index is -0.0798. The number of fused-ring (bicyclic) bond motifs is 1. The number of carbonyl (C=O) groups is 1. The number of pyridine rings is 2. The third kappa shape index (κ3) is 4.03. The molecule has 0 saturated carbocycles. The van der Waals surface area contributed by atoms with Crippen molar-refractivity contribution in [1.82, 2.24) is 20.2 Å². The van der Waals surface area contributed by atoms with Crippen LogP contribution in [0.15, 0.2) is 54.9 Å². The van der Waals surface area contributed by atoms with E-state index in [2.05, 4.69) is 22.1 Å². The van der Waals surface area contributed by atoms with Crippen molar-refractivity contribution < 1.29 is 9.53 Å². The second-order valence-electron chi connectivity index (χ2n) is 7.02. The van der Waals surface area contributed by atoms with E-state index in [0.29, 0.717) is 12.1 Å². The normalized spacial score (nSPS) is 16.0. The van der Waals surface area contributed by atoms with Crippen molar-refractivity contribution in [3.05, 3.63) is 60.4 Å². The molecule has 28 heavy (non-hydrogen) atoms. The topological polar surface area (TPSA) is 67.4 Å². The summed E-state index contributed by atoms with van der Waals surface area (Å²) in [6, 6.07) is 13.7. The van der Waals surface area contributed by atoms with Crippen molar-refractivity contribution in [1.29, 1.82) is 0 Å². The lowest BCUT2D eigenvalue weighted by Crippen LogP contribution is -2.47. The third-order valence-corrected chi connectivity index (χ3v) is 5.15. The quantitative estimate of drug-likeness (QED) is 0.742. The molecule has 0 spiro atoms. The molecule has 1 atom stereocenters. The molecule has 4 rings (SSSR count). The molecule has 1 aliphatic rings. The van der Waals surface area contributed by atoms with Gasteiger partial charge in [0, 0.05) is 49.0 Å². The van der Waals surface area contributed by atoms with Crippen LogP contribution < -0.4 is 5.32 Å². The summed E-state index contributed by atoms with van der Waals surface area (Å²) in [7, 11) is 0. The summed E-state index contributed by atoms with van der Waals surface area (Å²) in [5, 5.41) is 3.96. The molecular weight excluding hydrogens is 352 g/mol. The maximum atomic E-state index is 13.0. The molecule has 0 bridgehead atoms. The van der Waals surface area contributed by atoms with E-state index in [1.165, 1.54) is 0 Å². The van der Waals surface area contributed by atoms with E-state index in [1.807, 2.05) is 42.5 Å². The van der Waals surface area contributed by atoms with Gasteiger partial charge in [-0.15, -0.1) is 0 Å². The molecule has 1 amide bonds. The highest BCUT2D eigenvalue weighted by molar-refractivity contribution is 6.07. The van der Waals surface area contributed by atoms with Gasteiger partial charge in [-0.3, -0.25) is 14.7 Å². The Kier molecular flexibility index (Phi) is 5.60. The number of nitrogens with one attached hydrogen (secondary N) is 1. The molecule has 1 fully saturated rings. The maximum Gasteiger partial charge on any atom is 0.252 e. The number of hydrogen-bond acceptors (Lipinski definition) is 5. The number of nitrogens with zero attached hydrogens (tertiary/aromatic N) is 3. The van der Waals surface area contributed by atoms with Crippen molar-refractivity contribution in [3.8, 4) is 11.3 Å². The summed E-state index contributed by atoms with van der Waals surface area (Å²) in [6.45, 7) is 6.04. The molecule has 3 aromatic rings. The van der Waals surface area contributed by atoms with E-state index in [4.69, 9.17) is 9.72 Å². The summed E-state index contributed by atoms with van der Waals surface area (Å²) >= 11 is 0. The highest BCUT2D eigenvalue weighted by Crippen LogP contribution is 2.24. The van der Waals surface area contributed by atoms with Crippen molar-refractivity contribution in [2.75, 3.05) is 32.8 Å². The Balaban J connectivity index is 1.58. The van der Waals surface area contributed by atoms with Gasteiger partial charge in [-0.05, 0) is 31.2 Å². The molecule has 2 aromatic heterocycles. The molecule has 1 aliphatic heterocycles. The van der Waals surface area contributed by atoms with Crippen molar-refractivity contribution in [2.24, 2.45) is 0 Å². The zero-order chi connectivity index (χ0) is 19.3. The van der Waals surface area contributed by atoms with Gasteiger partial charge in [0.2, 0.25) is 0 Å². The van der Waals surface area contributed by atoms with Crippen LogP contribution in [0.25, 0.3) is 22.2 Å². The van der Waals surface area contributed by atoms with Crippen LogP contribution in [0, 0.1) is 0 Å². The van der Waals surface area contributed by atoms with Gasteiger partial charge in [0.05, 0.1) is 30.0 Å². The predicted molar refractivity (Wildman–Crippen MR) is 109 cm³/mol. The lowest BCUT2D eigenvalue weighted by atomic mass is 10.0. The zero-order valence-corrected chi connectivity index (χ0v) is 16.0. The fourth-order valence-electron chi connectivity index (χ4n) is 3.51. The zero-order valence-electron chi connectivity index (χ0n) is 16.0. The van der Waals surface area contributed by atoms with Gasteiger partial charge in [0.1, 0.15) is 0 Å². The summed E-state index contributed by atoms with van der Waals surface area (Å²) in [4.78, 5) is 24.3. The van der Waals surface area contributed by atoms with Gasteiger partial charge in [-0.2, -0.15) is 0 Å². The van der Waals surface area contributed by atoms with Crippen LogP contribution in [0.1, 0.15) is 17.3 Å². The maximum absolute atomic E-state index is 13.0. The summed E-state index contributed by atoms with van der Waals surface area (Å²) in [5.41, 5.74) is 3.08. The number of carbonyl (C=O) groups excluding carboxylic acids is 1. The minimum Gasteiger partial charge on any atom is -0.379 e. The van der Waals surface area contributed by atoms with Crippen LogP contribution in [-0.2, 0) is 4.74 Å². The first-order valence-corrected chi connectivity index (χ1v) is 9.62. The van der Waals surface area contributed by atoms with E-state index < -0.39 is 0 Å². The van der Waals surface area contributed by atoms with Crippen LogP contribution in [-0.4, -0.2) is 59.7 Å². The highest BCUT2D eigenvalue weighted by atomic mass is 16.5. The predicted octanol–water partition coefficient (Wildman–Crippen LogP) is 2.75. The van der Waals surface area contributed by atoms with Gasteiger partial charge < -0.3 is 10.1 Å². The Morgan fingerprint density at radius 2 is 2.04 bits per heavy atom. The molecule has 6 heteroatoms. The monoisotopic (exact) mass is 376 g/mol. The second-order valence-corrected chi connectivity index (χ2v) is 7.02. The van der Waals surface area contributed by atoms with E-state index in [-0.39, 0.29) is 11.9 Å². The van der Waals surface area contributed by atoms with Crippen LogP contribution in [0.2, 0.25) is 0 Å². The highest BCUT2D eigenvalue weighted by Gasteiger charge is 2.19. The summed E-state index contributed by atoms with van der Waals surface area (Å²) in [6.07, 6.45) is 3.49. The lowest BCUT2D eigenvalue weighted by molar-refractivity contribution is 0.0204. The standard InChI is InChI=1S/C22H24N4O2/c1-16(26-9-11-28-12-10-26)14-24-22(27)19-13-21(17-5-4-8-23-15-17)25-20-7-3-2-6-18(19)20/h2-8,13,15-16H,9-12,14H2,1H3,(H,24,27). The number of rotatable bonds is 5. The van der Waals surface area contributed by atoms with Crippen molar-refractivity contribution in [2.45, 2.75) is 13.0 Å². The fraction of sp³-hybridized carbons (Fsp3) is 0.318. The summed E-state index contributed by atoms with van der Waals surface area (Å²) < 4.78 is 5.41. The molecule has 0 aliphatic carbocycles. The number of benzene rings is 1. The number of amides is 1. The van der Waals surface area contributed by atoms with Gasteiger partial charge in [0.25, 0.3) is 5.91 Å². The Morgan fingerprint density at radius 1 is 1.21 bits per heavy atom. The van der Waals surface area contributed by atoms with Gasteiger partial charge in [-0.1, -0.05) is 18.2 Å². The second kappa shape index (κ2) is 8.46. The van der Waals surface area contributed by atoms with E-state index in [1.54, 1.807) is 12.4 Å². The average molecular weight is 376 g/mol. The van der Waals surface area contributed by atoms with Crippen molar-refractivity contribution in [3.63, 3.8) is 0 Å². The first-order chi connectivity index (χ1) is 13.7. The van der Waals surface area contributed by atoms with Crippen LogP contribution in [0.5, 0.6) is 0 Å². The van der Waals surface area contributed by atoms with Gasteiger partial charge >= 0.3 is 0 Å². The first-order valence-electron chi connectivity index (χ1n) is 9.62. The molecule has 1 aromatic carbocycles. The van der Waals surface area contributed by atoms with E-state index in [9.17, 15) is 4.79 Å². The molecule has 3 heterocycles. The average Bonchev–Trinajstić information content (AvgIpc) is 2.77. The number of ether oxygens (including phenoxy) is 1. The van der Waals surface area contributed by atoms with Gasteiger partial charge in [-0.25, -0.2) is 4.98 Å². The van der Waals surface area contributed by atoms with E-state index in [0.717, 1.165) is 48.5 Å². The van der Waals surface area contributed by atoms with Crippen molar-refractivity contribution >= 4 is 16.8 Å². The molecule has 6 nitrogen and oxygen atoms in total. The minimum absolute atomic E-state index is 0.0798. The van der Waals surface area contributed by atoms with Crippen LogP contribution in [0.3, 0.4) is 0 Å². The Labute approximate surface area is 164 Å². The molecular formula is C22H24N4O2. The molecule has 1 N–H and O–H groups in total. The lowest BCUT2D eigenvalue weighted by Gasteiger charge is -2.32. The summed E-state index contributed by atoms with van der Waals surface area (Å²) in [5.74, 6) is -0.0798. The largest absolute Gasteiger partial charge is 0.379 e. The number of hydrogen-bond donors (Lipinski definition) is 1. The first kappa shape index (κ1) is 18.5. The molecule has 144 valence electrons. The third-order valence-electron chi connectivity index (χ3n) is 5.15. The molecule has 0 radical (unpaired) electrons. The number of morpholine rings is 1. The SMILES string of the molecule is CC(CNC(=O)c1cc(-c2cccnc2)nc2ccccc12)N1CCOCC1. The fourth-order valence-corrected chi connectivity index (χ4v) is 3.51. The van der Waals surface area contributed by atoms with Gasteiger partial charge in [0.15, 0.2) is 0 Å². The Morgan fingerprint density at radius 3 is 2.82 bits per heavy atom. The number of aromatic nitrogens is 2. The molecule has 1 saturated heterocycles. The smallest absolute Gasteiger partial charge is 0.252 e. The molecule has 1 unspecified atom stereocenters. The Bertz CT molecular complexity index is 955.